The molecule has 0 unspecified atom stereocenters. The van der Waals surface area contributed by atoms with Crippen molar-refractivity contribution in [3.05, 3.63) is 53.1 Å². The number of anilines is 1. The molecule has 2 aromatic rings. The van der Waals surface area contributed by atoms with Gasteiger partial charge in [-0.1, -0.05) is 17.2 Å². The molecule has 6 heteroatoms. The lowest BCUT2D eigenvalue weighted by Crippen LogP contribution is -2.34. The zero-order valence-electron chi connectivity index (χ0n) is 14.1. The van der Waals surface area contributed by atoms with Gasteiger partial charge < -0.3 is 14.8 Å². The van der Waals surface area contributed by atoms with E-state index in [1.54, 1.807) is 32.4 Å². The van der Waals surface area contributed by atoms with E-state index in [0.717, 1.165) is 11.1 Å². The molecule has 0 bridgehead atoms. The van der Waals surface area contributed by atoms with Crippen LogP contribution < -0.4 is 20.1 Å². The molecule has 2 rings (SSSR count). The summed E-state index contributed by atoms with van der Waals surface area (Å²) >= 11 is 5.23. The lowest BCUT2D eigenvalue weighted by atomic mass is 10.1. The van der Waals surface area contributed by atoms with Crippen LogP contribution in [-0.4, -0.2) is 25.2 Å². The Morgan fingerprint density at radius 2 is 1.67 bits per heavy atom. The maximum Gasteiger partial charge on any atom is 0.257 e. The van der Waals surface area contributed by atoms with Crippen molar-refractivity contribution in [1.82, 2.24) is 5.32 Å². The third-order valence-electron chi connectivity index (χ3n) is 3.37. The summed E-state index contributed by atoms with van der Waals surface area (Å²) in [6, 6.07) is 10.9. The summed E-state index contributed by atoms with van der Waals surface area (Å²) < 4.78 is 10.5. The van der Waals surface area contributed by atoms with E-state index in [9.17, 15) is 4.79 Å². The molecule has 2 N–H and O–H groups in total. The predicted octanol–water partition coefficient (Wildman–Crippen LogP) is 3.45. The first-order valence-electron chi connectivity index (χ1n) is 7.35. The van der Waals surface area contributed by atoms with E-state index < -0.39 is 0 Å². The van der Waals surface area contributed by atoms with Gasteiger partial charge in [0.05, 0.1) is 19.9 Å². The number of rotatable bonds is 4. The fraction of sp³-hybridized carbons (Fsp3) is 0.222. The molecule has 0 saturated carbocycles. The minimum absolute atomic E-state index is 0.186. The van der Waals surface area contributed by atoms with Crippen molar-refractivity contribution in [3.63, 3.8) is 0 Å². The molecule has 0 aliphatic carbocycles. The number of amides is 1. The van der Waals surface area contributed by atoms with Crippen LogP contribution in [0.15, 0.2) is 36.4 Å². The Bertz CT molecular complexity index is 755. The molecule has 0 saturated heterocycles. The smallest absolute Gasteiger partial charge is 0.257 e. The Morgan fingerprint density at radius 3 is 2.25 bits per heavy atom. The van der Waals surface area contributed by atoms with Crippen molar-refractivity contribution < 1.29 is 14.3 Å². The lowest BCUT2D eigenvalue weighted by molar-refractivity contribution is 0.0977. The molecule has 0 heterocycles. The quantitative estimate of drug-likeness (QED) is 0.832. The second kappa shape index (κ2) is 7.79. The summed E-state index contributed by atoms with van der Waals surface area (Å²) in [4.78, 5) is 12.3. The van der Waals surface area contributed by atoms with E-state index in [1.165, 1.54) is 0 Å². The molecular formula is C18H20N2O3S. The van der Waals surface area contributed by atoms with Crippen molar-refractivity contribution in [1.29, 1.82) is 0 Å². The van der Waals surface area contributed by atoms with Crippen LogP contribution in [0.25, 0.3) is 0 Å². The van der Waals surface area contributed by atoms with Crippen molar-refractivity contribution >= 4 is 28.9 Å². The number of hydrogen-bond donors (Lipinski definition) is 2. The van der Waals surface area contributed by atoms with Crippen LogP contribution in [0.2, 0.25) is 0 Å². The molecule has 24 heavy (non-hydrogen) atoms. The van der Waals surface area contributed by atoms with E-state index in [1.807, 2.05) is 32.0 Å². The number of hydrogen-bond acceptors (Lipinski definition) is 4. The van der Waals surface area contributed by atoms with Gasteiger partial charge in [-0.05, 0) is 50.3 Å². The Morgan fingerprint density at radius 1 is 1.00 bits per heavy atom. The highest BCUT2D eigenvalue weighted by atomic mass is 32.1. The minimum atomic E-state index is -0.263. The predicted molar refractivity (Wildman–Crippen MR) is 99.1 cm³/mol. The monoisotopic (exact) mass is 344 g/mol. The summed E-state index contributed by atoms with van der Waals surface area (Å²) in [5.74, 6) is 0.988. The maximum absolute atomic E-state index is 12.3. The molecular weight excluding hydrogens is 324 g/mol. The van der Waals surface area contributed by atoms with Gasteiger partial charge in [0, 0.05) is 11.6 Å². The van der Waals surface area contributed by atoms with E-state index >= 15 is 0 Å². The molecule has 0 spiro atoms. The second-order valence-corrected chi connectivity index (χ2v) is 5.76. The van der Waals surface area contributed by atoms with E-state index in [-0.39, 0.29) is 11.0 Å². The zero-order chi connectivity index (χ0) is 17.7. The van der Waals surface area contributed by atoms with Crippen LogP contribution in [0, 0.1) is 13.8 Å². The van der Waals surface area contributed by atoms with Crippen molar-refractivity contribution in [2.75, 3.05) is 19.5 Å². The Balaban J connectivity index is 2.11. The van der Waals surface area contributed by atoms with Gasteiger partial charge in [0.25, 0.3) is 5.91 Å². The fourth-order valence-electron chi connectivity index (χ4n) is 2.35. The maximum atomic E-state index is 12.3. The van der Waals surface area contributed by atoms with Crippen molar-refractivity contribution in [2.45, 2.75) is 13.8 Å². The van der Waals surface area contributed by atoms with E-state index in [2.05, 4.69) is 10.6 Å². The standard InChI is InChI=1S/C18H20N2O3S/c1-11-7-12(2)9-13(8-11)17(21)20-18(24)19-15-10-14(22-3)5-6-16(15)23-4/h5-10H,1-4H3,(H2,19,20,21,24). The SMILES string of the molecule is COc1ccc(OC)c(NC(=S)NC(=O)c2cc(C)cc(C)c2)c1. The molecule has 0 aliphatic rings. The third kappa shape index (κ3) is 4.45. The number of carbonyl (C=O) groups excluding carboxylic acids is 1. The van der Waals surface area contributed by atoms with Gasteiger partial charge in [0.15, 0.2) is 5.11 Å². The van der Waals surface area contributed by atoms with Crippen LogP contribution >= 0.6 is 12.2 Å². The van der Waals surface area contributed by atoms with Gasteiger partial charge in [-0.15, -0.1) is 0 Å². The molecule has 0 aliphatic heterocycles. The number of thiocarbonyl (C=S) groups is 1. The number of carbonyl (C=O) groups is 1. The summed E-state index contributed by atoms with van der Waals surface area (Å²) in [5.41, 5.74) is 3.22. The van der Waals surface area contributed by atoms with Gasteiger partial charge in [0.1, 0.15) is 11.5 Å². The van der Waals surface area contributed by atoms with E-state index in [4.69, 9.17) is 21.7 Å². The van der Waals surface area contributed by atoms with Gasteiger partial charge >= 0.3 is 0 Å². The normalized spacial score (nSPS) is 10.0. The first kappa shape index (κ1) is 17.7. The molecule has 1 amide bonds. The van der Waals surface area contributed by atoms with Gasteiger partial charge in [0.2, 0.25) is 0 Å². The molecule has 0 atom stereocenters. The fourth-order valence-corrected chi connectivity index (χ4v) is 2.55. The van der Waals surface area contributed by atoms with E-state index in [0.29, 0.717) is 22.7 Å². The number of ether oxygens (including phenoxy) is 2. The highest BCUT2D eigenvalue weighted by Crippen LogP contribution is 2.28. The summed E-state index contributed by atoms with van der Waals surface area (Å²) in [6.45, 7) is 3.89. The Kier molecular flexibility index (Phi) is 5.76. The number of nitrogens with one attached hydrogen (secondary N) is 2. The third-order valence-corrected chi connectivity index (χ3v) is 3.57. The first-order valence-corrected chi connectivity index (χ1v) is 7.76. The average Bonchev–Trinajstić information content (AvgIpc) is 2.53. The largest absolute Gasteiger partial charge is 0.497 e. The van der Waals surface area contributed by atoms with Gasteiger partial charge in [-0.25, -0.2) is 0 Å². The van der Waals surface area contributed by atoms with Crippen LogP contribution in [0.3, 0.4) is 0 Å². The van der Waals surface area contributed by atoms with Crippen LogP contribution in [0.4, 0.5) is 5.69 Å². The molecule has 126 valence electrons. The second-order valence-electron chi connectivity index (χ2n) is 5.35. The first-order chi connectivity index (χ1) is 11.4. The average molecular weight is 344 g/mol. The Hall–Kier alpha value is -2.60. The summed E-state index contributed by atoms with van der Waals surface area (Å²) in [5, 5.41) is 5.82. The highest BCUT2D eigenvalue weighted by molar-refractivity contribution is 7.80. The Labute approximate surface area is 147 Å². The number of aryl methyl sites for hydroxylation is 2. The molecule has 0 radical (unpaired) electrons. The minimum Gasteiger partial charge on any atom is -0.497 e. The summed E-state index contributed by atoms with van der Waals surface area (Å²) in [6.07, 6.45) is 0. The topological polar surface area (TPSA) is 59.6 Å². The van der Waals surface area contributed by atoms with Crippen LogP contribution in [-0.2, 0) is 0 Å². The number of methoxy groups -OCH3 is 2. The van der Waals surface area contributed by atoms with Crippen LogP contribution in [0.1, 0.15) is 21.5 Å². The van der Waals surface area contributed by atoms with Crippen molar-refractivity contribution in [3.8, 4) is 11.5 Å². The highest BCUT2D eigenvalue weighted by Gasteiger charge is 2.11. The summed E-state index contributed by atoms with van der Waals surface area (Å²) in [7, 11) is 3.13. The zero-order valence-corrected chi connectivity index (χ0v) is 14.9. The van der Waals surface area contributed by atoms with Gasteiger partial charge in [-0.2, -0.15) is 0 Å². The molecule has 2 aromatic carbocycles. The number of benzene rings is 2. The molecule has 5 nitrogen and oxygen atoms in total. The molecule has 0 fully saturated rings. The lowest BCUT2D eigenvalue weighted by Gasteiger charge is -2.14. The van der Waals surface area contributed by atoms with Crippen LogP contribution in [0.5, 0.6) is 11.5 Å². The van der Waals surface area contributed by atoms with Gasteiger partial charge in [-0.3, -0.25) is 10.1 Å². The molecule has 0 aromatic heterocycles. The van der Waals surface area contributed by atoms with Crippen molar-refractivity contribution in [2.24, 2.45) is 0 Å².